The summed E-state index contributed by atoms with van der Waals surface area (Å²) >= 11 is 0. The van der Waals surface area contributed by atoms with E-state index in [0.717, 1.165) is 11.1 Å². The van der Waals surface area contributed by atoms with Crippen molar-refractivity contribution < 1.29 is 14.3 Å². The minimum Gasteiger partial charge on any atom is -0.444 e. The van der Waals surface area contributed by atoms with Gasteiger partial charge in [-0.25, -0.2) is 4.79 Å². The van der Waals surface area contributed by atoms with Gasteiger partial charge in [-0.3, -0.25) is 15.1 Å². The van der Waals surface area contributed by atoms with Crippen LogP contribution in [-0.2, 0) is 22.5 Å². The van der Waals surface area contributed by atoms with Gasteiger partial charge in [0.15, 0.2) is 0 Å². The number of nitrogens with one attached hydrogen (secondary N) is 1. The molecule has 0 atom stereocenters. The van der Waals surface area contributed by atoms with Crippen molar-refractivity contribution in [1.82, 2.24) is 9.88 Å². The van der Waals surface area contributed by atoms with Crippen LogP contribution in [0, 0.1) is 0 Å². The second-order valence-electron chi connectivity index (χ2n) is 7.98. The summed E-state index contributed by atoms with van der Waals surface area (Å²) in [7, 11) is 0. The maximum absolute atomic E-state index is 12.8. The highest BCUT2D eigenvalue weighted by molar-refractivity contribution is 5.85. The predicted molar refractivity (Wildman–Crippen MR) is 110 cm³/mol. The number of carbonyl (C=O) groups excluding carboxylic acids is 2. The average Bonchev–Trinajstić information content (AvgIpc) is 2.60. The molecule has 2 aromatic rings. The molecule has 1 heterocycles. The first-order valence-electron chi connectivity index (χ1n) is 9.41. The second kappa shape index (κ2) is 9.35. The van der Waals surface area contributed by atoms with Gasteiger partial charge in [0, 0.05) is 30.7 Å². The summed E-state index contributed by atoms with van der Waals surface area (Å²) in [6.07, 6.45) is 3.29. The highest BCUT2D eigenvalue weighted by atomic mass is 16.6. The third kappa shape index (κ3) is 7.02. The Morgan fingerprint density at radius 2 is 1.79 bits per heavy atom. The van der Waals surface area contributed by atoms with Gasteiger partial charge in [-0.05, 0) is 63.9 Å². The number of nitrogens with zero attached hydrogens (tertiary/aromatic N) is 2. The molecule has 1 aromatic heterocycles. The number of pyridine rings is 1. The number of rotatable bonds is 6. The number of ether oxygens (including phenoxy) is 1. The Morgan fingerprint density at radius 1 is 1.11 bits per heavy atom. The van der Waals surface area contributed by atoms with Gasteiger partial charge in [0.05, 0.1) is 6.42 Å². The van der Waals surface area contributed by atoms with E-state index in [-0.39, 0.29) is 11.9 Å². The van der Waals surface area contributed by atoms with E-state index in [0.29, 0.717) is 18.7 Å². The van der Waals surface area contributed by atoms with E-state index in [1.807, 2.05) is 63.8 Å². The zero-order valence-corrected chi connectivity index (χ0v) is 17.2. The third-order valence-corrected chi connectivity index (χ3v) is 3.97. The van der Waals surface area contributed by atoms with E-state index in [2.05, 4.69) is 10.3 Å². The summed E-state index contributed by atoms with van der Waals surface area (Å²) in [5.74, 6) is 0.0479. The van der Waals surface area contributed by atoms with Gasteiger partial charge in [0.25, 0.3) is 0 Å². The molecule has 28 heavy (non-hydrogen) atoms. The molecule has 1 N–H and O–H groups in total. The Bertz CT molecular complexity index is 781. The molecule has 6 nitrogen and oxygen atoms in total. The summed E-state index contributed by atoms with van der Waals surface area (Å²) in [5, 5.41) is 2.69. The van der Waals surface area contributed by atoms with Crippen molar-refractivity contribution in [1.29, 1.82) is 0 Å². The molecular weight excluding hydrogens is 354 g/mol. The molecule has 0 saturated carbocycles. The van der Waals surface area contributed by atoms with Gasteiger partial charge in [0.2, 0.25) is 5.91 Å². The quantitative estimate of drug-likeness (QED) is 0.802. The first-order valence-corrected chi connectivity index (χ1v) is 9.41. The van der Waals surface area contributed by atoms with Crippen LogP contribution in [0.3, 0.4) is 0 Å². The van der Waals surface area contributed by atoms with Crippen LogP contribution in [0.5, 0.6) is 0 Å². The molecule has 0 fully saturated rings. The largest absolute Gasteiger partial charge is 0.444 e. The molecule has 0 radical (unpaired) electrons. The van der Waals surface area contributed by atoms with Crippen LogP contribution in [0.25, 0.3) is 0 Å². The average molecular weight is 383 g/mol. The molecule has 1 aromatic carbocycles. The van der Waals surface area contributed by atoms with E-state index >= 15 is 0 Å². The fourth-order valence-electron chi connectivity index (χ4n) is 2.65. The molecule has 0 unspecified atom stereocenters. The number of carbonyl (C=O) groups is 2. The van der Waals surface area contributed by atoms with E-state index in [9.17, 15) is 9.59 Å². The highest BCUT2D eigenvalue weighted by Gasteiger charge is 2.18. The van der Waals surface area contributed by atoms with Crippen LogP contribution in [0.2, 0.25) is 0 Å². The minimum absolute atomic E-state index is 0.0479. The molecule has 6 heteroatoms. The van der Waals surface area contributed by atoms with E-state index in [1.54, 1.807) is 24.5 Å². The first-order chi connectivity index (χ1) is 13.1. The summed E-state index contributed by atoms with van der Waals surface area (Å²) < 4.78 is 5.23. The number of hydrogen-bond acceptors (Lipinski definition) is 4. The topological polar surface area (TPSA) is 71.5 Å². The molecule has 0 spiro atoms. The Kier molecular flexibility index (Phi) is 7.15. The van der Waals surface area contributed by atoms with Crippen LogP contribution in [0.4, 0.5) is 10.5 Å². The molecule has 150 valence electrons. The van der Waals surface area contributed by atoms with Gasteiger partial charge in [0.1, 0.15) is 5.60 Å². The maximum atomic E-state index is 12.8. The molecule has 2 amide bonds. The van der Waals surface area contributed by atoms with Crippen molar-refractivity contribution >= 4 is 17.7 Å². The lowest BCUT2D eigenvalue weighted by Crippen LogP contribution is -2.37. The minimum atomic E-state index is -0.551. The van der Waals surface area contributed by atoms with Crippen LogP contribution in [0.1, 0.15) is 45.7 Å². The van der Waals surface area contributed by atoms with E-state index in [1.165, 1.54) is 0 Å². The molecular formula is C22H29N3O3. The van der Waals surface area contributed by atoms with Crippen LogP contribution >= 0.6 is 0 Å². The number of amides is 2. The smallest absolute Gasteiger partial charge is 0.412 e. The molecule has 2 rings (SSSR count). The molecule has 0 aliphatic carbocycles. The van der Waals surface area contributed by atoms with Crippen molar-refractivity contribution in [3.63, 3.8) is 0 Å². The monoisotopic (exact) mass is 383 g/mol. The SMILES string of the molecule is CC(C)N(Cc1cccnc1)C(=O)Cc1ccc(NC(=O)OC(C)(C)C)cc1. The summed E-state index contributed by atoms with van der Waals surface area (Å²) in [6, 6.07) is 11.1. The number of aromatic nitrogens is 1. The second-order valence-corrected chi connectivity index (χ2v) is 7.98. The van der Waals surface area contributed by atoms with Crippen molar-refractivity contribution in [2.24, 2.45) is 0 Å². The Hall–Kier alpha value is -2.89. The Labute approximate surface area is 166 Å². The highest BCUT2D eigenvalue weighted by Crippen LogP contribution is 2.15. The lowest BCUT2D eigenvalue weighted by atomic mass is 10.1. The summed E-state index contributed by atoms with van der Waals surface area (Å²) in [6.45, 7) is 9.97. The third-order valence-electron chi connectivity index (χ3n) is 3.97. The molecule has 0 aliphatic heterocycles. The number of benzene rings is 1. The molecule has 0 aliphatic rings. The Morgan fingerprint density at radius 3 is 2.32 bits per heavy atom. The van der Waals surface area contributed by atoms with Crippen molar-refractivity contribution in [3.05, 3.63) is 59.9 Å². The van der Waals surface area contributed by atoms with E-state index < -0.39 is 11.7 Å². The van der Waals surface area contributed by atoms with Gasteiger partial charge >= 0.3 is 6.09 Å². The van der Waals surface area contributed by atoms with Crippen LogP contribution in [-0.4, -0.2) is 33.5 Å². The molecule has 0 bridgehead atoms. The van der Waals surface area contributed by atoms with Gasteiger partial charge in [-0.2, -0.15) is 0 Å². The van der Waals surface area contributed by atoms with Gasteiger partial charge < -0.3 is 9.64 Å². The van der Waals surface area contributed by atoms with Gasteiger partial charge in [-0.15, -0.1) is 0 Å². The summed E-state index contributed by atoms with van der Waals surface area (Å²) in [4.78, 5) is 30.6. The first kappa shape index (κ1) is 21.4. The fourth-order valence-corrected chi connectivity index (χ4v) is 2.65. The number of hydrogen-bond donors (Lipinski definition) is 1. The number of anilines is 1. The van der Waals surface area contributed by atoms with Crippen molar-refractivity contribution in [2.75, 3.05) is 5.32 Å². The lowest BCUT2D eigenvalue weighted by Gasteiger charge is -2.27. The Balaban J connectivity index is 1.97. The maximum Gasteiger partial charge on any atom is 0.412 e. The van der Waals surface area contributed by atoms with Crippen LogP contribution < -0.4 is 5.32 Å². The zero-order valence-electron chi connectivity index (χ0n) is 17.2. The van der Waals surface area contributed by atoms with E-state index in [4.69, 9.17) is 4.74 Å². The zero-order chi connectivity index (χ0) is 20.7. The normalized spacial score (nSPS) is 11.2. The van der Waals surface area contributed by atoms with Gasteiger partial charge in [-0.1, -0.05) is 18.2 Å². The van der Waals surface area contributed by atoms with Crippen molar-refractivity contribution in [2.45, 2.75) is 59.2 Å². The molecule has 0 saturated heterocycles. The van der Waals surface area contributed by atoms with Crippen LogP contribution in [0.15, 0.2) is 48.8 Å². The lowest BCUT2D eigenvalue weighted by molar-refractivity contribution is -0.132. The standard InChI is InChI=1S/C22H29N3O3/c1-16(2)25(15-18-7-6-12-23-14-18)20(26)13-17-8-10-19(11-9-17)24-21(27)28-22(3,4)5/h6-12,14,16H,13,15H2,1-5H3,(H,24,27). The summed E-state index contributed by atoms with van der Waals surface area (Å²) in [5.41, 5.74) is 1.96. The predicted octanol–water partition coefficient (Wildman–Crippen LogP) is 4.41. The fraction of sp³-hybridized carbons (Fsp3) is 0.409. The van der Waals surface area contributed by atoms with Crippen molar-refractivity contribution in [3.8, 4) is 0 Å².